The topological polar surface area (TPSA) is 56.2 Å². The van der Waals surface area contributed by atoms with Crippen molar-refractivity contribution in [3.05, 3.63) is 48.3 Å². The van der Waals surface area contributed by atoms with Crippen molar-refractivity contribution in [2.24, 2.45) is 0 Å². The van der Waals surface area contributed by atoms with Crippen LogP contribution in [0.15, 0.2) is 42.6 Å². The van der Waals surface area contributed by atoms with Gasteiger partial charge in [-0.3, -0.25) is 0 Å². The first-order chi connectivity index (χ1) is 9.79. The molecule has 0 saturated carbocycles. The van der Waals surface area contributed by atoms with Crippen LogP contribution in [0.4, 0.5) is 5.82 Å². The zero-order valence-corrected chi connectivity index (χ0v) is 11.6. The summed E-state index contributed by atoms with van der Waals surface area (Å²) in [5.41, 5.74) is 10.1. The number of benzene rings is 1. The number of hydrogen-bond acceptors (Lipinski definition) is 3. The highest BCUT2D eigenvalue weighted by atomic mass is 15.3. The van der Waals surface area contributed by atoms with E-state index in [2.05, 4.69) is 24.2 Å². The van der Waals surface area contributed by atoms with E-state index < -0.39 is 0 Å². The molecule has 0 amide bonds. The summed E-state index contributed by atoms with van der Waals surface area (Å²) in [7, 11) is 0. The highest BCUT2D eigenvalue weighted by Crippen LogP contribution is 2.25. The molecule has 2 N–H and O–H groups in total. The van der Waals surface area contributed by atoms with Crippen LogP contribution in [0.1, 0.15) is 25.5 Å². The van der Waals surface area contributed by atoms with Gasteiger partial charge >= 0.3 is 0 Å². The zero-order chi connectivity index (χ0) is 13.9. The number of unbranched alkanes of at least 4 members (excludes halogenated alkanes) is 1. The molecule has 4 heteroatoms. The van der Waals surface area contributed by atoms with Gasteiger partial charge in [0.05, 0.1) is 6.20 Å². The van der Waals surface area contributed by atoms with Crippen molar-refractivity contribution in [1.29, 1.82) is 0 Å². The second-order valence-corrected chi connectivity index (χ2v) is 4.94. The van der Waals surface area contributed by atoms with Crippen LogP contribution in [0.3, 0.4) is 0 Å². The molecule has 0 aliphatic heterocycles. The molecule has 0 fully saturated rings. The summed E-state index contributed by atoms with van der Waals surface area (Å²) in [5, 5.41) is 4.35. The van der Waals surface area contributed by atoms with Gasteiger partial charge in [0.1, 0.15) is 5.82 Å². The molecule has 2 aromatic heterocycles. The Hall–Kier alpha value is -2.36. The molecule has 2 heterocycles. The molecule has 0 aliphatic rings. The minimum absolute atomic E-state index is 0.642. The third-order valence-corrected chi connectivity index (χ3v) is 3.42. The van der Waals surface area contributed by atoms with Crippen molar-refractivity contribution in [1.82, 2.24) is 14.6 Å². The number of nitrogens with two attached hydrogens (primary N) is 1. The summed E-state index contributed by atoms with van der Waals surface area (Å²) in [6.45, 7) is 2.18. The number of hydrogen-bond donors (Lipinski definition) is 1. The van der Waals surface area contributed by atoms with E-state index in [0.29, 0.717) is 5.82 Å². The van der Waals surface area contributed by atoms with E-state index in [-0.39, 0.29) is 0 Å². The van der Waals surface area contributed by atoms with Crippen LogP contribution in [0.25, 0.3) is 16.8 Å². The quantitative estimate of drug-likeness (QED) is 0.788. The monoisotopic (exact) mass is 266 g/mol. The summed E-state index contributed by atoms with van der Waals surface area (Å²) in [6, 6.07) is 12.1. The molecule has 20 heavy (non-hydrogen) atoms. The molecule has 0 bridgehead atoms. The van der Waals surface area contributed by atoms with Gasteiger partial charge in [0, 0.05) is 17.3 Å². The van der Waals surface area contributed by atoms with E-state index >= 15 is 0 Å². The molecule has 0 aliphatic carbocycles. The van der Waals surface area contributed by atoms with Gasteiger partial charge in [-0.15, -0.1) is 0 Å². The van der Waals surface area contributed by atoms with Crippen LogP contribution in [0, 0.1) is 0 Å². The number of aromatic nitrogens is 3. The van der Waals surface area contributed by atoms with Crippen LogP contribution in [-0.2, 0) is 6.42 Å². The number of fused-ring (bicyclic) bond motifs is 1. The molecule has 4 nitrogen and oxygen atoms in total. The lowest BCUT2D eigenvalue weighted by Crippen LogP contribution is -2.03. The molecule has 0 unspecified atom stereocenters. The fraction of sp³-hybridized carbons (Fsp3) is 0.250. The van der Waals surface area contributed by atoms with E-state index in [1.807, 2.05) is 30.5 Å². The van der Waals surface area contributed by atoms with Crippen LogP contribution in [-0.4, -0.2) is 14.6 Å². The second kappa shape index (κ2) is 5.33. The Morgan fingerprint density at radius 2 is 2.00 bits per heavy atom. The summed E-state index contributed by atoms with van der Waals surface area (Å²) in [4.78, 5) is 4.73. The maximum atomic E-state index is 6.08. The van der Waals surface area contributed by atoms with Crippen molar-refractivity contribution >= 4 is 11.5 Å². The Kier molecular flexibility index (Phi) is 3.37. The van der Waals surface area contributed by atoms with Crippen molar-refractivity contribution in [3.8, 4) is 11.1 Å². The third kappa shape index (κ3) is 2.25. The molecule has 0 radical (unpaired) electrons. The van der Waals surface area contributed by atoms with Gasteiger partial charge in [-0.2, -0.15) is 9.61 Å². The highest BCUT2D eigenvalue weighted by Gasteiger charge is 2.11. The van der Waals surface area contributed by atoms with Gasteiger partial charge in [-0.25, -0.2) is 4.98 Å². The maximum Gasteiger partial charge on any atom is 0.165 e. The van der Waals surface area contributed by atoms with E-state index in [1.165, 1.54) is 0 Å². The van der Waals surface area contributed by atoms with E-state index in [0.717, 1.165) is 41.7 Å². The molecule has 0 saturated heterocycles. The normalized spacial score (nSPS) is 11.1. The van der Waals surface area contributed by atoms with Crippen molar-refractivity contribution < 1.29 is 0 Å². The maximum absolute atomic E-state index is 6.08. The Morgan fingerprint density at radius 1 is 1.20 bits per heavy atom. The lowest BCUT2D eigenvalue weighted by molar-refractivity contribution is 0.773. The van der Waals surface area contributed by atoms with Crippen molar-refractivity contribution in [2.45, 2.75) is 26.2 Å². The lowest BCUT2D eigenvalue weighted by Gasteiger charge is -2.05. The fourth-order valence-electron chi connectivity index (χ4n) is 2.35. The minimum Gasteiger partial charge on any atom is -0.384 e. The first-order valence-electron chi connectivity index (χ1n) is 6.98. The van der Waals surface area contributed by atoms with Crippen molar-refractivity contribution in [3.63, 3.8) is 0 Å². The summed E-state index contributed by atoms with van der Waals surface area (Å²) in [5.74, 6) is 0.642. The van der Waals surface area contributed by atoms with Crippen LogP contribution in [0.2, 0.25) is 0 Å². The van der Waals surface area contributed by atoms with E-state index in [4.69, 9.17) is 10.7 Å². The van der Waals surface area contributed by atoms with Crippen LogP contribution < -0.4 is 5.73 Å². The smallest absolute Gasteiger partial charge is 0.165 e. The number of anilines is 1. The van der Waals surface area contributed by atoms with Crippen LogP contribution in [0.5, 0.6) is 0 Å². The van der Waals surface area contributed by atoms with Gasteiger partial charge < -0.3 is 5.73 Å². The molecule has 102 valence electrons. The second-order valence-electron chi connectivity index (χ2n) is 4.94. The SMILES string of the molecule is CCCCc1cc(N)n2ncc(-c3ccccc3)c2n1. The fourth-order valence-corrected chi connectivity index (χ4v) is 2.35. The Morgan fingerprint density at radius 3 is 2.75 bits per heavy atom. The number of nitrogen functional groups attached to an aromatic ring is 1. The minimum atomic E-state index is 0.642. The standard InChI is InChI=1S/C16H18N4/c1-2-3-9-13-10-15(17)20-16(19-13)14(11-18-20)12-7-5-4-6-8-12/h4-8,10-11H,2-3,9,17H2,1H3. The van der Waals surface area contributed by atoms with Gasteiger partial charge in [0.2, 0.25) is 0 Å². The number of nitrogens with zero attached hydrogens (tertiary/aromatic N) is 3. The molecule has 3 aromatic rings. The average molecular weight is 266 g/mol. The predicted octanol–water partition coefficient (Wildman–Crippen LogP) is 3.32. The number of aryl methyl sites for hydroxylation is 1. The van der Waals surface area contributed by atoms with E-state index in [9.17, 15) is 0 Å². The Balaban J connectivity index is 2.12. The molecule has 3 rings (SSSR count). The molecule has 1 aromatic carbocycles. The van der Waals surface area contributed by atoms with Gasteiger partial charge in [-0.1, -0.05) is 43.7 Å². The third-order valence-electron chi connectivity index (χ3n) is 3.42. The number of rotatable bonds is 4. The van der Waals surface area contributed by atoms with Gasteiger partial charge in [-0.05, 0) is 18.4 Å². The summed E-state index contributed by atoms with van der Waals surface area (Å²) < 4.78 is 1.71. The lowest BCUT2D eigenvalue weighted by atomic mass is 10.1. The first kappa shape index (κ1) is 12.7. The largest absolute Gasteiger partial charge is 0.384 e. The zero-order valence-electron chi connectivity index (χ0n) is 11.6. The van der Waals surface area contributed by atoms with E-state index in [1.54, 1.807) is 4.52 Å². The molecular weight excluding hydrogens is 248 g/mol. The molecule has 0 atom stereocenters. The van der Waals surface area contributed by atoms with Gasteiger partial charge in [0.25, 0.3) is 0 Å². The highest BCUT2D eigenvalue weighted by molar-refractivity contribution is 5.77. The summed E-state index contributed by atoms with van der Waals surface area (Å²) >= 11 is 0. The molecular formula is C16H18N4. The Bertz CT molecular complexity index is 716. The first-order valence-corrected chi connectivity index (χ1v) is 6.98. The Labute approximate surface area is 118 Å². The predicted molar refractivity (Wildman–Crippen MR) is 81.4 cm³/mol. The molecule has 0 spiro atoms. The van der Waals surface area contributed by atoms with Gasteiger partial charge in [0.15, 0.2) is 5.65 Å². The summed E-state index contributed by atoms with van der Waals surface area (Å²) in [6.07, 6.45) is 5.06. The van der Waals surface area contributed by atoms with Crippen molar-refractivity contribution in [2.75, 3.05) is 5.73 Å². The average Bonchev–Trinajstić information content (AvgIpc) is 2.90. The van der Waals surface area contributed by atoms with Crippen LogP contribution >= 0.6 is 0 Å².